The Balaban J connectivity index is 2.35. The molecule has 1 rings (SSSR count). The molecule has 1 aromatic rings. The first-order valence-electron chi connectivity index (χ1n) is 6.08. The van der Waals surface area contributed by atoms with Crippen LogP contribution in [0.5, 0.6) is 5.75 Å². The Bertz CT molecular complexity index is 341. The number of ether oxygens (including phenoxy) is 1. The molecule has 0 saturated carbocycles. The first-order chi connectivity index (χ1) is 8.65. The van der Waals surface area contributed by atoms with Gasteiger partial charge in [0.2, 0.25) is 0 Å². The zero-order valence-electron chi connectivity index (χ0n) is 10.5. The van der Waals surface area contributed by atoms with Gasteiger partial charge in [-0.05, 0) is 19.4 Å². The zero-order valence-corrected chi connectivity index (χ0v) is 10.5. The minimum absolute atomic E-state index is 0.0148. The zero-order chi connectivity index (χ0) is 13.4. The van der Waals surface area contributed by atoms with Crippen LogP contribution in [0.4, 0.5) is 8.78 Å². The van der Waals surface area contributed by atoms with Gasteiger partial charge in [-0.25, -0.2) is 8.78 Å². The fourth-order valence-electron chi connectivity index (χ4n) is 1.54. The van der Waals surface area contributed by atoms with Gasteiger partial charge < -0.3 is 15.2 Å². The monoisotopic (exact) mass is 259 g/mol. The van der Waals surface area contributed by atoms with Crippen LogP contribution in [0.15, 0.2) is 18.2 Å². The van der Waals surface area contributed by atoms with Gasteiger partial charge in [0.1, 0.15) is 17.4 Å². The summed E-state index contributed by atoms with van der Waals surface area (Å²) in [6.45, 7) is 3.17. The van der Waals surface area contributed by atoms with Crippen molar-refractivity contribution in [2.24, 2.45) is 0 Å². The molecule has 0 aliphatic heterocycles. The average Bonchev–Trinajstić information content (AvgIpc) is 2.32. The molecule has 0 aliphatic carbocycles. The van der Waals surface area contributed by atoms with Crippen LogP contribution in [0.25, 0.3) is 0 Å². The number of nitrogens with one attached hydrogen (secondary N) is 1. The molecule has 0 aliphatic rings. The summed E-state index contributed by atoms with van der Waals surface area (Å²) in [4.78, 5) is 0. The molecular formula is C13H19F2NO2. The van der Waals surface area contributed by atoms with Crippen LogP contribution in [0.1, 0.15) is 19.8 Å². The van der Waals surface area contributed by atoms with Crippen molar-refractivity contribution in [1.82, 2.24) is 5.32 Å². The van der Waals surface area contributed by atoms with Crippen molar-refractivity contribution in [2.75, 3.05) is 19.8 Å². The number of rotatable bonds is 8. The quantitative estimate of drug-likeness (QED) is 0.751. The third-order valence-electron chi connectivity index (χ3n) is 2.47. The number of aliphatic hydroxyl groups excluding tert-OH is 1. The lowest BCUT2D eigenvalue weighted by Crippen LogP contribution is -2.34. The third-order valence-corrected chi connectivity index (χ3v) is 2.47. The molecule has 102 valence electrons. The summed E-state index contributed by atoms with van der Waals surface area (Å²) in [6.07, 6.45) is 1.56. The number of benzene rings is 1. The topological polar surface area (TPSA) is 41.5 Å². The molecule has 0 saturated heterocycles. The van der Waals surface area contributed by atoms with Gasteiger partial charge in [-0.2, -0.15) is 0 Å². The van der Waals surface area contributed by atoms with Crippen molar-refractivity contribution < 1.29 is 18.6 Å². The van der Waals surface area contributed by atoms with Gasteiger partial charge >= 0.3 is 0 Å². The summed E-state index contributed by atoms with van der Waals surface area (Å²) in [5.74, 6) is -1.15. The van der Waals surface area contributed by atoms with E-state index in [9.17, 15) is 8.78 Å². The summed E-state index contributed by atoms with van der Waals surface area (Å²) in [7, 11) is 0. The van der Waals surface area contributed by atoms with Crippen molar-refractivity contribution in [3.8, 4) is 5.75 Å². The van der Waals surface area contributed by atoms with Crippen LogP contribution in [0.3, 0.4) is 0 Å². The normalized spacial score (nSPS) is 12.4. The lowest BCUT2D eigenvalue weighted by atomic mass is 10.2. The van der Waals surface area contributed by atoms with Gasteiger partial charge in [0, 0.05) is 24.2 Å². The third kappa shape index (κ3) is 5.42. The maximum absolute atomic E-state index is 12.9. The Hall–Kier alpha value is -1.20. The largest absolute Gasteiger partial charge is 0.493 e. The van der Waals surface area contributed by atoms with E-state index < -0.39 is 11.6 Å². The highest BCUT2D eigenvalue weighted by Gasteiger charge is 2.07. The Morgan fingerprint density at radius 1 is 1.28 bits per heavy atom. The predicted octanol–water partition coefficient (Wildman–Crippen LogP) is 2.09. The van der Waals surface area contributed by atoms with Crippen LogP contribution < -0.4 is 10.1 Å². The molecule has 5 heteroatoms. The Labute approximate surface area is 106 Å². The molecule has 1 aromatic carbocycles. The summed E-state index contributed by atoms with van der Waals surface area (Å²) in [5, 5.41) is 12.2. The van der Waals surface area contributed by atoms with Crippen LogP contribution in [-0.4, -0.2) is 30.9 Å². The second-order valence-electron chi connectivity index (χ2n) is 4.08. The number of aliphatic hydroxyl groups is 1. The SMILES string of the molecule is CCCNC(CO)CCOc1cc(F)cc(F)c1. The van der Waals surface area contributed by atoms with Gasteiger partial charge in [-0.1, -0.05) is 6.92 Å². The van der Waals surface area contributed by atoms with Crippen molar-refractivity contribution in [3.05, 3.63) is 29.8 Å². The van der Waals surface area contributed by atoms with E-state index in [1.165, 1.54) is 0 Å². The van der Waals surface area contributed by atoms with E-state index >= 15 is 0 Å². The molecule has 0 spiro atoms. The molecule has 1 atom stereocenters. The number of halogens is 2. The lowest BCUT2D eigenvalue weighted by molar-refractivity contribution is 0.208. The first-order valence-corrected chi connectivity index (χ1v) is 6.08. The second kappa shape index (κ2) is 8.00. The van der Waals surface area contributed by atoms with Crippen molar-refractivity contribution in [1.29, 1.82) is 0 Å². The Morgan fingerprint density at radius 3 is 2.50 bits per heavy atom. The smallest absolute Gasteiger partial charge is 0.129 e. The Morgan fingerprint density at radius 2 is 1.94 bits per heavy atom. The molecule has 0 radical (unpaired) electrons. The van der Waals surface area contributed by atoms with Gasteiger partial charge in [0.25, 0.3) is 0 Å². The summed E-state index contributed by atoms with van der Waals surface area (Å²) >= 11 is 0. The van der Waals surface area contributed by atoms with Gasteiger partial charge in [0.15, 0.2) is 0 Å². The second-order valence-corrected chi connectivity index (χ2v) is 4.08. The van der Waals surface area contributed by atoms with E-state index in [0.717, 1.165) is 31.2 Å². The Kier molecular flexibility index (Phi) is 6.60. The van der Waals surface area contributed by atoms with E-state index in [1.54, 1.807) is 0 Å². The van der Waals surface area contributed by atoms with Crippen molar-refractivity contribution in [2.45, 2.75) is 25.8 Å². The molecule has 0 amide bonds. The highest BCUT2D eigenvalue weighted by Crippen LogP contribution is 2.15. The highest BCUT2D eigenvalue weighted by atomic mass is 19.1. The predicted molar refractivity (Wildman–Crippen MR) is 65.6 cm³/mol. The van der Waals surface area contributed by atoms with Gasteiger partial charge in [-0.3, -0.25) is 0 Å². The standard InChI is InChI=1S/C13H19F2NO2/c1-2-4-16-12(9-17)3-5-18-13-7-10(14)6-11(15)8-13/h6-8,12,16-17H,2-5,9H2,1H3. The minimum atomic E-state index is -0.659. The maximum atomic E-state index is 12.9. The number of hydrogen-bond acceptors (Lipinski definition) is 3. The molecule has 0 fully saturated rings. The molecule has 2 N–H and O–H groups in total. The van der Waals surface area contributed by atoms with Crippen LogP contribution in [0.2, 0.25) is 0 Å². The van der Waals surface area contributed by atoms with Gasteiger partial charge in [0.05, 0.1) is 13.2 Å². The van der Waals surface area contributed by atoms with E-state index in [1.807, 2.05) is 6.92 Å². The van der Waals surface area contributed by atoms with E-state index in [4.69, 9.17) is 9.84 Å². The molecule has 18 heavy (non-hydrogen) atoms. The fraction of sp³-hybridized carbons (Fsp3) is 0.538. The molecule has 0 bridgehead atoms. The average molecular weight is 259 g/mol. The summed E-state index contributed by atoms with van der Waals surface area (Å²) < 4.78 is 31.0. The van der Waals surface area contributed by atoms with Crippen LogP contribution >= 0.6 is 0 Å². The van der Waals surface area contributed by atoms with Gasteiger partial charge in [-0.15, -0.1) is 0 Å². The molecule has 3 nitrogen and oxygen atoms in total. The molecule has 0 aromatic heterocycles. The first kappa shape index (κ1) is 14.9. The van der Waals surface area contributed by atoms with E-state index in [0.29, 0.717) is 13.0 Å². The number of hydrogen-bond donors (Lipinski definition) is 2. The van der Waals surface area contributed by atoms with E-state index in [-0.39, 0.29) is 18.4 Å². The molecule has 0 heterocycles. The van der Waals surface area contributed by atoms with Crippen molar-refractivity contribution >= 4 is 0 Å². The molecular weight excluding hydrogens is 240 g/mol. The summed E-state index contributed by atoms with van der Waals surface area (Å²) in [6, 6.07) is 3.02. The summed E-state index contributed by atoms with van der Waals surface area (Å²) in [5.41, 5.74) is 0. The molecule has 1 unspecified atom stereocenters. The van der Waals surface area contributed by atoms with Crippen LogP contribution in [0, 0.1) is 11.6 Å². The highest BCUT2D eigenvalue weighted by molar-refractivity contribution is 5.23. The lowest BCUT2D eigenvalue weighted by Gasteiger charge is -2.16. The maximum Gasteiger partial charge on any atom is 0.129 e. The fourth-order valence-corrected chi connectivity index (χ4v) is 1.54. The van der Waals surface area contributed by atoms with Crippen LogP contribution in [-0.2, 0) is 0 Å². The van der Waals surface area contributed by atoms with E-state index in [2.05, 4.69) is 5.32 Å². The van der Waals surface area contributed by atoms with Crippen molar-refractivity contribution in [3.63, 3.8) is 0 Å². The minimum Gasteiger partial charge on any atom is -0.493 e.